The molecule has 1 fully saturated rings. The van der Waals surface area contributed by atoms with E-state index >= 15 is 0 Å². The molecule has 2 atom stereocenters. The minimum absolute atomic E-state index is 0.0269. The Morgan fingerprint density at radius 3 is 2.94 bits per heavy atom. The van der Waals surface area contributed by atoms with Gasteiger partial charge in [0.1, 0.15) is 0 Å². The van der Waals surface area contributed by atoms with Crippen LogP contribution in [0.2, 0.25) is 5.28 Å². The highest BCUT2D eigenvalue weighted by Gasteiger charge is 2.28. The topological polar surface area (TPSA) is 83.4 Å². The van der Waals surface area contributed by atoms with Crippen LogP contribution in [0.1, 0.15) is 6.92 Å². The predicted molar refractivity (Wildman–Crippen MR) is 68.0 cm³/mol. The summed E-state index contributed by atoms with van der Waals surface area (Å²) in [5.41, 5.74) is 0. The molecular formula is C10H16ClN5O2. The van der Waals surface area contributed by atoms with Crippen LogP contribution in [0.15, 0.2) is 0 Å². The van der Waals surface area contributed by atoms with E-state index in [1.165, 1.54) is 0 Å². The number of halogens is 1. The largest absolute Gasteiger partial charge is 0.394 e. The number of aliphatic hydroxyl groups excluding tert-OH is 1. The van der Waals surface area contributed by atoms with Crippen molar-refractivity contribution in [3.8, 4) is 0 Å². The maximum atomic E-state index is 9.15. The lowest BCUT2D eigenvalue weighted by molar-refractivity contribution is -0.0108. The van der Waals surface area contributed by atoms with Crippen LogP contribution in [0, 0.1) is 0 Å². The number of anilines is 2. The molecule has 0 aliphatic carbocycles. The summed E-state index contributed by atoms with van der Waals surface area (Å²) < 4.78 is 5.47. The number of aliphatic hydroxyl groups is 1. The fourth-order valence-electron chi connectivity index (χ4n) is 1.79. The Labute approximate surface area is 110 Å². The van der Waals surface area contributed by atoms with Gasteiger partial charge in [-0.2, -0.15) is 15.0 Å². The number of nitrogens with zero attached hydrogens (tertiary/aromatic N) is 4. The molecule has 2 unspecified atom stereocenters. The Kier molecular flexibility index (Phi) is 4.15. The molecule has 18 heavy (non-hydrogen) atoms. The van der Waals surface area contributed by atoms with Gasteiger partial charge in [-0.1, -0.05) is 0 Å². The van der Waals surface area contributed by atoms with Gasteiger partial charge in [-0.25, -0.2) is 0 Å². The maximum absolute atomic E-state index is 9.15. The first-order chi connectivity index (χ1) is 8.63. The second-order valence-electron chi connectivity index (χ2n) is 4.12. The summed E-state index contributed by atoms with van der Waals surface area (Å²) in [7, 11) is 1.72. The summed E-state index contributed by atoms with van der Waals surface area (Å²) in [6.07, 6.45) is -0.227. The summed E-state index contributed by atoms with van der Waals surface area (Å²) in [6, 6.07) is 0.121. The molecule has 2 heterocycles. The molecule has 2 rings (SSSR count). The van der Waals surface area contributed by atoms with E-state index in [0.29, 0.717) is 25.0 Å². The summed E-state index contributed by atoms with van der Waals surface area (Å²) in [6.45, 7) is 3.02. The number of aromatic nitrogens is 3. The fraction of sp³-hybridized carbons (Fsp3) is 0.700. The van der Waals surface area contributed by atoms with Gasteiger partial charge in [0.15, 0.2) is 0 Å². The number of morpholine rings is 1. The number of ether oxygens (including phenoxy) is 1. The molecular weight excluding hydrogens is 258 g/mol. The first kappa shape index (κ1) is 13.3. The maximum Gasteiger partial charge on any atom is 0.231 e. The van der Waals surface area contributed by atoms with Crippen molar-refractivity contribution in [1.29, 1.82) is 0 Å². The molecule has 0 aromatic carbocycles. The average Bonchev–Trinajstić information content (AvgIpc) is 2.38. The van der Waals surface area contributed by atoms with Gasteiger partial charge in [-0.05, 0) is 18.5 Å². The van der Waals surface area contributed by atoms with Gasteiger partial charge >= 0.3 is 0 Å². The molecule has 1 saturated heterocycles. The zero-order valence-corrected chi connectivity index (χ0v) is 11.1. The monoisotopic (exact) mass is 273 g/mol. The van der Waals surface area contributed by atoms with Crippen LogP contribution in [0.5, 0.6) is 0 Å². The Bertz CT molecular complexity index is 419. The van der Waals surface area contributed by atoms with E-state index in [2.05, 4.69) is 20.3 Å². The van der Waals surface area contributed by atoms with E-state index in [-0.39, 0.29) is 24.0 Å². The van der Waals surface area contributed by atoms with E-state index < -0.39 is 0 Å². The number of hydrogen-bond acceptors (Lipinski definition) is 7. The van der Waals surface area contributed by atoms with Gasteiger partial charge in [-0.3, -0.25) is 0 Å². The van der Waals surface area contributed by atoms with Crippen molar-refractivity contribution < 1.29 is 9.84 Å². The van der Waals surface area contributed by atoms with Crippen LogP contribution in [0.4, 0.5) is 11.9 Å². The highest BCUT2D eigenvalue weighted by molar-refractivity contribution is 6.28. The van der Waals surface area contributed by atoms with E-state index in [0.717, 1.165) is 0 Å². The summed E-state index contributed by atoms with van der Waals surface area (Å²) >= 11 is 5.86. The standard InChI is InChI=1S/C10H16ClN5O2/c1-6-5-18-7(4-17)3-16(6)10-14-8(11)13-9(12-2)15-10/h6-7,17H,3-5H2,1-2H3,(H,12,13,14,15). The van der Waals surface area contributed by atoms with E-state index in [1.807, 2.05) is 11.8 Å². The van der Waals surface area contributed by atoms with Crippen molar-refractivity contribution in [1.82, 2.24) is 15.0 Å². The lowest BCUT2D eigenvalue weighted by atomic mass is 10.2. The fourth-order valence-corrected chi connectivity index (χ4v) is 1.94. The van der Waals surface area contributed by atoms with Crippen molar-refractivity contribution in [2.45, 2.75) is 19.1 Å². The van der Waals surface area contributed by atoms with Gasteiger partial charge in [0.25, 0.3) is 0 Å². The first-order valence-corrected chi connectivity index (χ1v) is 6.10. The Morgan fingerprint density at radius 2 is 2.28 bits per heavy atom. The Hall–Kier alpha value is -1.18. The second kappa shape index (κ2) is 5.64. The predicted octanol–water partition coefficient (Wildman–Crippen LogP) is 0.153. The molecule has 7 nitrogen and oxygen atoms in total. The van der Waals surface area contributed by atoms with E-state index in [1.54, 1.807) is 7.05 Å². The van der Waals surface area contributed by atoms with Crippen LogP contribution >= 0.6 is 11.6 Å². The van der Waals surface area contributed by atoms with Crippen molar-refractivity contribution in [3.05, 3.63) is 5.28 Å². The lowest BCUT2D eigenvalue weighted by Crippen LogP contribution is -2.50. The molecule has 0 amide bonds. The molecule has 0 radical (unpaired) electrons. The highest BCUT2D eigenvalue weighted by Crippen LogP contribution is 2.20. The minimum atomic E-state index is -0.227. The zero-order chi connectivity index (χ0) is 13.1. The lowest BCUT2D eigenvalue weighted by Gasteiger charge is -2.37. The van der Waals surface area contributed by atoms with E-state index in [9.17, 15) is 0 Å². The number of rotatable bonds is 3. The highest BCUT2D eigenvalue weighted by atomic mass is 35.5. The van der Waals surface area contributed by atoms with Crippen LogP contribution in [0.25, 0.3) is 0 Å². The molecule has 8 heteroatoms. The summed E-state index contributed by atoms with van der Waals surface area (Å²) in [5, 5.41) is 12.1. The molecule has 0 bridgehead atoms. The molecule has 0 spiro atoms. The third-order valence-electron chi connectivity index (χ3n) is 2.79. The van der Waals surface area contributed by atoms with Crippen molar-refractivity contribution in [3.63, 3.8) is 0 Å². The van der Waals surface area contributed by atoms with E-state index in [4.69, 9.17) is 21.4 Å². The SMILES string of the molecule is CNc1nc(Cl)nc(N2CC(CO)OCC2C)n1. The third-order valence-corrected chi connectivity index (χ3v) is 2.96. The van der Waals surface area contributed by atoms with Gasteiger partial charge in [-0.15, -0.1) is 0 Å². The summed E-state index contributed by atoms with van der Waals surface area (Å²) in [4.78, 5) is 14.3. The Morgan fingerprint density at radius 1 is 1.50 bits per heavy atom. The van der Waals surface area contributed by atoms with Gasteiger partial charge in [0.2, 0.25) is 17.2 Å². The molecule has 1 aliphatic heterocycles. The molecule has 1 aromatic heterocycles. The molecule has 1 aromatic rings. The molecule has 1 aliphatic rings. The molecule has 100 valence electrons. The smallest absolute Gasteiger partial charge is 0.231 e. The van der Waals surface area contributed by atoms with Crippen molar-refractivity contribution in [2.75, 3.05) is 37.0 Å². The normalized spacial score (nSPS) is 24.1. The first-order valence-electron chi connectivity index (χ1n) is 5.72. The number of nitrogens with one attached hydrogen (secondary N) is 1. The van der Waals surface area contributed by atoms with Crippen LogP contribution in [-0.4, -0.2) is 59.0 Å². The van der Waals surface area contributed by atoms with Gasteiger partial charge in [0, 0.05) is 13.6 Å². The molecule has 2 N–H and O–H groups in total. The third kappa shape index (κ3) is 2.80. The van der Waals surface area contributed by atoms with Gasteiger partial charge < -0.3 is 20.1 Å². The second-order valence-corrected chi connectivity index (χ2v) is 4.46. The number of hydrogen-bond donors (Lipinski definition) is 2. The Balaban J connectivity index is 2.25. The van der Waals surface area contributed by atoms with Crippen LogP contribution < -0.4 is 10.2 Å². The quantitative estimate of drug-likeness (QED) is 0.811. The summed E-state index contributed by atoms with van der Waals surface area (Å²) in [5.74, 6) is 0.915. The zero-order valence-electron chi connectivity index (χ0n) is 10.3. The van der Waals surface area contributed by atoms with Crippen molar-refractivity contribution in [2.24, 2.45) is 0 Å². The average molecular weight is 274 g/mol. The van der Waals surface area contributed by atoms with Gasteiger partial charge in [0.05, 0.1) is 25.4 Å². The molecule has 0 saturated carbocycles. The van der Waals surface area contributed by atoms with Crippen molar-refractivity contribution >= 4 is 23.5 Å². The van der Waals surface area contributed by atoms with Crippen LogP contribution in [-0.2, 0) is 4.74 Å². The van der Waals surface area contributed by atoms with Crippen LogP contribution in [0.3, 0.4) is 0 Å². The minimum Gasteiger partial charge on any atom is -0.394 e.